The molecule has 4 aromatic rings. The Morgan fingerprint density at radius 2 is 2.12 bits per heavy atom. The van der Waals surface area contributed by atoms with E-state index in [9.17, 15) is 4.79 Å². The molecule has 0 spiro atoms. The Kier molecular flexibility index (Phi) is 5.57. The molecular weight excluding hydrogens is 422 g/mol. The van der Waals surface area contributed by atoms with Crippen molar-refractivity contribution in [3.8, 4) is 11.4 Å². The normalized spacial score (nSPS) is 16.5. The number of amides is 1. The number of aromatic nitrogens is 6. The van der Waals surface area contributed by atoms with Gasteiger partial charge < -0.3 is 4.90 Å². The van der Waals surface area contributed by atoms with E-state index < -0.39 is 0 Å². The second-order valence-corrected chi connectivity index (χ2v) is 8.68. The molecule has 1 N–H and O–H groups in total. The van der Waals surface area contributed by atoms with Gasteiger partial charge in [0.1, 0.15) is 5.82 Å². The lowest BCUT2D eigenvalue weighted by molar-refractivity contribution is -0.132. The van der Waals surface area contributed by atoms with Crippen molar-refractivity contribution in [3.05, 3.63) is 64.8 Å². The minimum absolute atomic E-state index is 0.127. The molecule has 1 unspecified atom stereocenters. The molecule has 5 rings (SSSR count). The Morgan fingerprint density at radius 1 is 1.22 bits per heavy atom. The molecule has 9 heteroatoms. The Hall–Kier alpha value is -3.33. The van der Waals surface area contributed by atoms with Crippen LogP contribution in [0.1, 0.15) is 36.6 Å². The van der Waals surface area contributed by atoms with Crippen LogP contribution < -0.4 is 0 Å². The fourth-order valence-electron chi connectivity index (χ4n) is 4.45. The molecular formula is C23H25N7OS. The zero-order chi connectivity index (χ0) is 22.1. The molecule has 1 aliphatic heterocycles. The maximum atomic E-state index is 13.1. The van der Waals surface area contributed by atoms with E-state index >= 15 is 0 Å². The minimum atomic E-state index is 0.127. The third-order valence-corrected chi connectivity index (χ3v) is 6.37. The van der Waals surface area contributed by atoms with Crippen molar-refractivity contribution in [1.29, 1.82) is 0 Å². The molecule has 1 fully saturated rings. The number of piperidine rings is 1. The average Bonchev–Trinajstić information content (AvgIpc) is 3.41. The standard InChI is InChI=1S/C23H25N7OS/c1-16-6-4-7-17(14-16)21-26-27-23(32)30(21)13-10-20(31)28-11-5-8-18(15-28)22-25-24-19-9-2-3-12-29(19)22/h2-4,6-7,9,12,14,18H,5,8,10-11,13,15H2,1H3,(H,27,32). The molecule has 3 aromatic heterocycles. The lowest BCUT2D eigenvalue weighted by Crippen LogP contribution is -2.39. The molecule has 0 bridgehead atoms. The summed E-state index contributed by atoms with van der Waals surface area (Å²) in [6.07, 6.45) is 4.32. The number of benzene rings is 1. The van der Waals surface area contributed by atoms with Crippen LogP contribution in [0.4, 0.5) is 0 Å². The van der Waals surface area contributed by atoms with Crippen LogP contribution in [0.3, 0.4) is 0 Å². The van der Waals surface area contributed by atoms with Gasteiger partial charge >= 0.3 is 0 Å². The van der Waals surface area contributed by atoms with Gasteiger partial charge in [-0.05, 0) is 50.2 Å². The predicted molar refractivity (Wildman–Crippen MR) is 124 cm³/mol. The quantitative estimate of drug-likeness (QED) is 0.471. The summed E-state index contributed by atoms with van der Waals surface area (Å²) in [6, 6.07) is 14.0. The lowest BCUT2D eigenvalue weighted by atomic mass is 9.97. The van der Waals surface area contributed by atoms with E-state index in [0.717, 1.165) is 47.8 Å². The summed E-state index contributed by atoms with van der Waals surface area (Å²) in [5.41, 5.74) is 2.98. The highest BCUT2D eigenvalue weighted by molar-refractivity contribution is 7.71. The molecule has 0 saturated carbocycles. The molecule has 1 aliphatic rings. The first-order valence-electron chi connectivity index (χ1n) is 10.9. The number of fused-ring (bicyclic) bond motifs is 1. The van der Waals surface area contributed by atoms with Crippen LogP contribution in [-0.4, -0.2) is 53.3 Å². The Bertz CT molecular complexity index is 1320. The summed E-state index contributed by atoms with van der Waals surface area (Å²) in [6.45, 7) is 3.97. The average molecular weight is 448 g/mol. The molecule has 1 aromatic carbocycles. The summed E-state index contributed by atoms with van der Waals surface area (Å²) in [4.78, 5) is 15.0. The van der Waals surface area contributed by atoms with E-state index in [1.54, 1.807) is 0 Å². The highest BCUT2D eigenvalue weighted by Crippen LogP contribution is 2.27. The number of pyridine rings is 1. The fraction of sp³-hybridized carbons (Fsp3) is 0.348. The van der Waals surface area contributed by atoms with Crippen molar-refractivity contribution < 1.29 is 4.79 Å². The number of hydrogen-bond acceptors (Lipinski definition) is 5. The number of nitrogens with one attached hydrogen (secondary N) is 1. The second-order valence-electron chi connectivity index (χ2n) is 8.29. The predicted octanol–water partition coefficient (Wildman–Crippen LogP) is 3.76. The van der Waals surface area contributed by atoms with Crippen LogP contribution in [0.2, 0.25) is 0 Å². The van der Waals surface area contributed by atoms with Gasteiger partial charge in [-0.25, -0.2) is 0 Å². The van der Waals surface area contributed by atoms with Gasteiger partial charge in [-0.2, -0.15) is 5.10 Å². The lowest BCUT2D eigenvalue weighted by Gasteiger charge is -2.32. The molecule has 4 heterocycles. The van der Waals surface area contributed by atoms with Gasteiger partial charge in [0.15, 0.2) is 16.2 Å². The van der Waals surface area contributed by atoms with E-state index in [0.29, 0.717) is 24.3 Å². The van der Waals surface area contributed by atoms with Gasteiger partial charge in [0, 0.05) is 43.7 Å². The number of nitrogens with zero attached hydrogens (tertiary/aromatic N) is 6. The molecule has 1 saturated heterocycles. The first-order chi connectivity index (χ1) is 15.6. The van der Waals surface area contributed by atoms with Gasteiger partial charge in [0.05, 0.1) is 0 Å². The van der Waals surface area contributed by atoms with E-state index in [2.05, 4.69) is 26.5 Å². The van der Waals surface area contributed by atoms with Crippen LogP contribution >= 0.6 is 12.2 Å². The van der Waals surface area contributed by atoms with Crippen molar-refractivity contribution in [1.82, 2.24) is 34.3 Å². The van der Waals surface area contributed by atoms with Crippen LogP contribution in [0, 0.1) is 11.7 Å². The zero-order valence-electron chi connectivity index (χ0n) is 17.9. The number of rotatable bonds is 5. The highest BCUT2D eigenvalue weighted by atomic mass is 32.1. The first kappa shape index (κ1) is 20.6. The van der Waals surface area contributed by atoms with Gasteiger partial charge in [0.25, 0.3) is 0 Å². The summed E-state index contributed by atoms with van der Waals surface area (Å²) in [7, 11) is 0. The molecule has 1 amide bonds. The monoisotopic (exact) mass is 447 g/mol. The maximum Gasteiger partial charge on any atom is 0.224 e. The largest absolute Gasteiger partial charge is 0.342 e. The number of H-pyrrole nitrogens is 1. The number of carbonyl (C=O) groups is 1. The van der Waals surface area contributed by atoms with Crippen LogP contribution in [0.5, 0.6) is 0 Å². The van der Waals surface area contributed by atoms with Gasteiger partial charge in [-0.1, -0.05) is 29.8 Å². The van der Waals surface area contributed by atoms with Crippen molar-refractivity contribution in [2.24, 2.45) is 0 Å². The Balaban J connectivity index is 1.29. The number of aryl methyl sites for hydroxylation is 1. The first-order valence-corrected chi connectivity index (χ1v) is 11.3. The number of likely N-dealkylation sites (tertiary alicyclic amines) is 1. The third-order valence-electron chi connectivity index (χ3n) is 6.06. The summed E-state index contributed by atoms with van der Waals surface area (Å²) >= 11 is 5.43. The molecule has 1 atom stereocenters. The topological polar surface area (TPSA) is 84.1 Å². The van der Waals surface area contributed by atoms with Gasteiger partial charge in [0.2, 0.25) is 5.91 Å². The van der Waals surface area contributed by atoms with Gasteiger partial charge in [-0.3, -0.25) is 18.9 Å². The second kappa shape index (κ2) is 8.66. The van der Waals surface area contributed by atoms with E-state index in [1.165, 1.54) is 0 Å². The third kappa shape index (κ3) is 3.95. The van der Waals surface area contributed by atoms with Crippen molar-refractivity contribution in [3.63, 3.8) is 0 Å². The molecule has 0 radical (unpaired) electrons. The van der Waals surface area contributed by atoms with Crippen molar-refractivity contribution in [2.75, 3.05) is 13.1 Å². The minimum Gasteiger partial charge on any atom is -0.342 e. The number of carbonyl (C=O) groups excluding carboxylic acids is 1. The fourth-order valence-corrected chi connectivity index (χ4v) is 4.67. The number of aromatic amines is 1. The molecule has 8 nitrogen and oxygen atoms in total. The summed E-state index contributed by atoms with van der Waals surface area (Å²) in [5, 5.41) is 15.9. The number of hydrogen-bond donors (Lipinski definition) is 1. The summed E-state index contributed by atoms with van der Waals surface area (Å²) in [5.74, 6) is 2.00. The Morgan fingerprint density at radius 3 is 3.00 bits per heavy atom. The van der Waals surface area contributed by atoms with E-state index in [-0.39, 0.29) is 11.8 Å². The molecule has 0 aliphatic carbocycles. The maximum absolute atomic E-state index is 13.1. The van der Waals surface area contributed by atoms with E-state index in [4.69, 9.17) is 12.2 Å². The molecule has 164 valence electrons. The Labute approximate surface area is 190 Å². The van der Waals surface area contributed by atoms with Crippen LogP contribution in [-0.2, 0) is 11.3 Å². The highest BCUT2D eigenvalue weighted by Gasteiger charge is 2.28. The SMILES string of the molecule is Cc1cccc(-c2n[nH]c(=S)n2CCC(=O)N2CCCC(c3nnc4ccccn34)C2)c1. The zero-order valence-corrected chi connectivity index (χ0v) is 18.8. The smallest absolute Gasteiger partial charge is 0.224 e. The van der Waals surface area contributed by atoms with Crippen LogP contribution in [0.25, 0.3) is 17.0 Å². The van der Waals surface area contributed by atoms with Crippen molar-refractivity contribution in [2.45, 2.75) is 38.6 Å². The van der Waals surface area contributed by atoms with Gasteiger partial charge in [-0.15, -0.1) is 10.2 Å². The van der Waals surface area contributed by atoms with Crippen LogP contribution in [0.15, 0.2) is 48.7 Å². The van der Waals surface area contributed by atoms with Crippen molar-refractivity contribution >= 4 is 23.8 Å². The van der Waals surface area contributed by atoms with E-state index in [1.807, 2.05) is 63.4 Å². The molecule has 32 heavy (non-hydrogen) atoms. The summed E-state index contributed by atoms with van der Waals surface area (Å²) < 4.78 is 4.47.